The quantitative estimate of drug-likeness (QED) is 0.671. The summed E-state index contributed by atoms with van der Waals surface area (Å²) in [5, 5.41) is 20.3. The molecule has 7 nitrogen and oxygen atoms in total. The smallest absolute Gasteiger partial charge is 0.341 e. The lowest BCUT2D eigenvalue weighted by Crippen LogP contribution is -2.23. The molecule has 3 N–H and O–H groups in total. The molecule has 0 unspecified atom stereocenters. The minimum Gasteiger partial charge on any atom is -0.477 e. The number of aromatic nitrogens is 3. The van der Waals surface area contributed by atoms with E-state index in [0.29, 0.717) is 11.3 Å². The van der Waals surface area contributed by atoms with Gasteiger partial charge in [0.1, 0.15) is 5.56 Å². The number of aliphatic hydroxyl groups is 1. The van der Waals surface area contributed by atoms with Gasteiger partial charge in [-0.3, -0.25) is 9.89 Å². The van der Waals surface area contributed by atoms with Crippen molar-refractivity contribution in [3.63, 3.8) is 0 Å². The van der Waals surface area contributed by atoms with Gasteiger partial charge in [-0.25, -0.2) is 14.3 Å². The number of fused-ring (bicyclic) bond motifs is 1. The number of carboxylic acids is 1. The highest BCUT2D eigenvalue weighted by Crippen LogP contribution is 2.09. The second-order valence-corrected chi connectivity index (χ2v) is 3.61. The van der Waals surface area contributed by atoms with E-state index in [0.717, 1.165) is 4.52 Å². The molecular formula is C10H11N3O4. The van der Waals surface area contributed by atoms with Crippen molar-refractivity contribution in [1.29, 1.82) is 0 Å². The van der Waals surface area contributed by atoms with Crippen LogP contribution in [0.5, 0.6) is 0 Å². The van der Waals surface area contributed by atoms with Crippen LogP contribution in [0.15, 0.2) is 11.0 Å². The molecule has 90 valence electrons. The van der Waals surface area contributed by atoms with Crippen LogP contribution in [0.3, 0.4) is 0 Å². The van der Waals surface area contributed by atoms with Gasteiger partial charge in [-0.2, -0.15) is 0 Å². The fraction of sp³-hybridized carbons (Fsp3) is 0.300. The molecule has 0 spiro atoms. The Labute approximate surface area is 95.3 Å². The molecule has 2 aromatic heterocycles. The summed E-state index contributed by atoms with van der Waals surface area (Å²) >= 11 is 0. The number of carboxylic acid groups (broad SMARTS) is 1. The van der Waals surface area contributed by atoms with Crippen LogP contribution in [0, 0.1) is 6.92 Å². The van der Waals surface area contributed by atoms with Crippen molar-refractivity contribution in [2.45, 2.75) is 13.3 Å². The molecule has 0 amide bonds. The number of nitrogens with one attached hydrogen (secondary N) is 1. The molecule has 0 saturated carbocycles. The summed E-state index contributed by atoms with van der Waals surface area (Å²) in [4.78, 5) is 26.9. The van der Waals surface area contributed by atoms with Crippen LogP contribution in [-0.4, -0.2) is 37.4 Å². The molecule has 0 saturated heterocycles. The minimum absolute atomic E-state index is 0.0549. The largest absolute Gasteiger partial charge is 0.477 e. The summed E-state index contributed by atoms with van der Waals surface area (Å²) < 4.78 is 1.07. The molecule has 2 rings (SSSR count). The second kappa shape index (κ2) is 4.02. The van der Waals surface area contributed by atoms with Crippen molar-refractivity contribution in [3.05, 3.63) is 33.4 Å². The number of aryl methyl sites for hydroxylation is 1. The third kappa shape index (κ3) is 1.70. The SMILES string of the molecule is Cc1nc2c(C(=O)O)c[nH]n2c(=O)c1CCO. The Kier molecular flexibility index (Phi) is 2.68. The molecule has 0 atom stereocenters. The fourth-order valence-corrected chi connectivity index (χ4v) is 1.71. The van der Waals surface area contributed by atoms with Crippen molar-refractivity contribution in [1.82, 2.24) is 14.6 Å². The van der Waals surface area contributed by atoms with Crippen LogP contribution in [0.4, 0.5) is 0 Å². The minimum atomic E-state index is -1.15. The third-order valence-electron chi connectivity index (χ3n) is 2.55. The predicted molar refractivity (Wildman–Crippen MR) is 58.3 cm³/mol. The number of aliphatic hydroxyl groups excluding tert-OH is 1. The van der Waals surface area contributed by atoms with E-state index in [-0.39, 0.29) is 29.8 Å². The van der Waals surface area contributed by atoms with E-state index in [1.165, 1.54) is 6.20 Å². The number of aromatic carboxylic acids is 1. The topological polar surface area (TPSA) is 108 Å². The van der Waals surface area contributed by atoms with E-state index < -0.39 is 5.97 Å². The molecule has 2 aromatic rings. The highest BCUT2D eigenvalue weighted by molar-refractivity contribution is 5.94. The van der Waals surface area contributed by atoms with Gasteiger partial charge in [0, 0.05) is 30.5 Å². The Morgan fingerprint density at radius 1 is 1.59 bits per heavy atom. The van der Waals surface area contributed by atoms with Gasteiger partial charge in [0.05, 0.1) is 0 Å². The summed E-state index contributed by atoms with van der Waals surface area (Å²) in [6.45, 7) is 1.46. The zero-order valence-electron chi connectivity index (χ0n) is 9.10. The standard InChI is InChI=1S/C10H11N3O4/c1-5-6(2-3-14)9(15)13-8(12-5)7(4-11-13)10(16)17/h4,11,14H,2-3H2,1H3,(H,16,17). The third-order valence-corrected chi connectivity index (χ3v) is 2.55. The zero-order valence-corrected chi connectivity index (χ0v) is 9.10. The molecule has 0 aliphatic rings. The first kappa shape index (κ1) is 11.3. The van der Waals surface area contributed by atoms with Crippen molar-refractivity contribution in [2.24, 2.45) is 0 Å². The van der Waals surface area contributed by atoms with Gasteiger partial charge in [0.2, 0.25) is 0 Å². The molecular weight excluding hydrogens is 226 g/mol. The summed E-state index contributed by atoms with van der Waals surface area (Å²) in [6, 6.07) is 0. The maximum Gasteiger partial charge on any atom is 0.341 e. The van der Waals surface area contributed by atoms with Crippen LogP contribution in [0.25, 0.3) is 5.65 Å². The average Bonchev–Trinajstić information content (AvgIpc) is 2.68. The molecule has 0 aliphatic carbocycles. The van der Waals surface area contributed by atoms with Gasteiger partial charge in [-0.15, -0.1) is 0 Å². The van der Waals surface area contributed by atoms with E-state index in [9.17, 15) is 9.59 Å². The maximum absolute atomic E-state index is 12.0. The second-order valence-electron chi connectivity index (χ2n) is 3.61. The number of H-pyrrole nitrogens is 1. The Bertz CT molecular complexity index is 641. The zero-order chi connectivity index (χ0) is 12.6. The van der Waals surface area contributed by atoms with E-state index in [1.54, 1.807) is 6.92 Å². The molecule has 0 fully saturated rings. The van der Waals surface area contributed by atoms with E-state index in [4.69, 9.17) is 10.2 Å². The molecule has 17 heavy (non-hydrogen) atoms. The average molecular weight is 237 g/mol. The predicted octanol–water partition coefficient (Wildman–Crippen LogP) is -0.436. The van der Waals surface area contributed by atoms with E-state index >= 15 is 0 Å². The molecule has 0 bridgehead atoms. The van der Waals surface area contributed by atoms with Crippen LogP contribution in [0.2, 0.25) is 0 Å². The Balaban J connectivity index is 2.79. The fourth-order valence-electron chi connectivity index (χ4n) is 1.71. The number of hydrogen-bond acceptors (Lipinski definition) is 4. The van der Waals surface area contributed by atoms with Crippen LogP contribution < -0.4 is 5.56 Å². The van der Waals surface area contributed by atoms with Gasteiger partial charge in [-0.05, 0) is 6.92 Å². The van der Waals surface area contributed by atoms with Crippen LogP contribution in [0.1, 0.15) is 21.6 Å². The first-order valence-electron chi connectivity index (χ1n) is 5.00. The normalized spacial score (nSPS) is 10.9. The Morgan fingerprint density at radius 2 is 2.29 bits per heavy atom. The summed E-state index contributed by atoms with van der Waals surface area (Å²) in [5.41, 5.74) is 0.464. The molecule has 0 aromatic carbocycles. The monoisotopic (exact) mass is 237 g/mol. The number of nitrogens with zero attached hydrogens (tertiary/aromatic N) is 2. The number of carbonyl (C=O) groups is 1. The van der Waals surface area contributed by atoms with Gasteiger partial charge in [0.25, 0.3) is 5.56 Å². The van der Waals surface area contributed by atoms with Crippen molar-refractivity contribution < 1.29 is 15.0 Å². The molecule has 0 radical (unpaired) electrons. The van der Waals surface area contributed by atoms with Gasteiger partial charge in [-0.1, -0.05) is 0 Å². The number of hydrogen-bond donors (Lipinski definition) is 3. The lowest BCUT2D eigenvalue weighted by Gasteiger charge is -2.03. The number of aromatic amines is 1. The summed E-state index contributed by atoms with van der Waals surface area (Å²) in [6.07, 6.45) is 1.41. The lowest BCUT2D eigenvalue weighted by molar-refractivity contribution is 0.0698. The summed E-state index contributed by atoms with van der Waals surface area (Å²) in [5.74, 6) is -1.15. The molecule has 7 heteroatoms. The first-order valence-corrected chi connectivity index (χ1v) is 5.00. The first-order chi connectivity index (χ1) is 8.06. The van der Waals surface area contributed by atoms with Crippen LogP contribution in [-0.2, 0) is 6.42 Å². The highest BCUT2D eigenvalue weighted by atomic mass is 16.4. The Hall–Kier alpha value is -2.15. The van der Waals surface area contributed by atoms with Gasteiger partial charge in [0.15, 0.2) is 5.65 Å². The van der Waals surface area contributed by atoms with E-state index in [1.807, 2.05) is 0 Å². The van der Waals surface area contributed by atoms with Gasteiger partial charge < -0.3 is 10.2 Å². The Morgan fingerprint density at radius 3 is 2.88 bits per heavy atom. The van der Waals surface area contributed by atoms with Crippen LogP contribution >= 0.6 is 0 Å². The maximum atomic E-state index is 12.0. The highest BCUT2D eigenvalue weighted by Gasteiger charge is 2.16. The number of rotatable bonds is 3. The molecule has 0 aliphatic heterocycles. The van der Waals surface area contributed by atoms with Gasteiger partial charge >= 0.3 is 5.97 Å². The van der Waals surface area contributed by atoms with Crippen molar-refractivity contribution in [2.75, 3.05) is 6.61 Å². The van der Waals surface area contributed by atoms with E-state index in [2.05, 4.69) is 10.1 Å². The molecule has 2 heterocycles. The lowest BCUT2D eigenvalue weighted by atomic mass is 10.2. The van der Waals surface area contributed by atoms with Crippen molar-refractivity contribution >= 4 is 11.6 Å². The van der Waals surface area contributed by atoms with Crippen molar-refractivity contribution in [3.8, 4) is 0 Å². The summed E-state index contributed by atoms with van der Waals surface area (Å²) in [7, 11) is 0.